The third-order valence-corrected chi connectivity index (χ3v) is 6.23. The Morgan fingerprint density at radius 1 is 1.11 bits per heavy atom. The number of rotatable bonds is 10. The van der Waals surface area contributed by atoms with E-state index in [1.807, 2.05) is 45.0 Å². The van der Waals surface area contributed by atoms with Crippen LogP contribution in [0, 0.1) is 6.92 Å². The van der Waals surface area contributed by atoms with Crippen LogP contribution in [0.2, 0.25) is 0 Å². The fraction of sp³-hybridized carbons (Fsp3) is 0.455. The molecule has 28 heavy (non-hydrogen) atoms. The Hall–Kier alpha value is -2.05. The highest BCUT2D eigenvalue weighted by Crippen LogP contribution is 2.31. The maximum absolute atomic E-state index is 12.8. The van der Waals surface area contributed by atoms with Gasteiger partial charge in [-0.1, -0.05) is 32.0 Å². The molecule has 0 aliphatic carbocycles. The van der Waals surface area contributed by atoms with Crippen molar-refractivity contribution in [3.8, 4) is 11.5 Å². The van der Waals surface area contributed by atoms with Gasteiger partial charge in [-0.05, 0) is 67.5 Å². The summed E-state index contributed by atoms with van der Waals surface area (Å²) in [7, 11) is -1.98. The third kappa shape index (κ3) is 5.49. The summed E-state index contributed by atoms with van der Waals surface area (Å²) in [5.41, 5.74) is 2.65. The van der Waals surface area contributed by atoms with Gasteiger partial charge in [-0.25, -0.2) is 13.1 Å². The van der Waals surface area contributed by atoms with Gasteiger partial charge in [-0.3, -0.25) is 0 Å². The van der Waals surface area contributed by atoms with Crippen LogP contribution in [0.25, 0.3) is 0 Å². The summed E-state index contributed by atoms with van der Waals surface area (Å²) in [4.78, 5) is 0.312. The molecule has 154 valence electrons. The quantitative estimate of drug-likeness (QED) is 0.594. The molecule has 6 heteroatoms. The molecule has 5 nitrogen and oxygen atoms in total. The van der Waals surface area contributed by atoms with Gasteiger partial charge in [0.2, 0.25) is 10.0 Å². The van der Waals surface area contributed by atoms with Crippen LogP contribution in [0.1, 0.15) is 49.8 Å². The Morgan fingerprint density at radius 2 is 1.82 bits per heavy atom. The van der Waals surface area contributed by atoms with E-state index in [2.05, 4.69) is 4.72 Å². The molecule has 2 aromatic carbocycles. The normalized spacial score (nSPS) is 11.6. The Labute approximate surface area is 169 Å². The number of hydrogen-bond donors (Lipinski definition) is 1. The summed E-state index contributed by atoms with van der Waals surface area (Å²) < 4.78 is 39.4. The maximum Gasteiger partial charge on any atom is 0.240 e. The summed E-state index contributed by atoms with van der Waals surface area (Å²) in [6.07, 6.45) is 1.44. The lowest BCUT2D eigenvalue weighted by molar-refractivity contribution is 0.336. The fourth-order valence-electron chi connectivity index (χ4n) is 3.16. The standard InChI is InChI=1S/C22H31NO4S/c1-6-27-20-12-8-7-10-18(20)11-9-13-23-28(24,25)22-15-19(16(2)3)21(26-5)14-17(22)4/h7-8,10,12,14-16,23H,6,9,11,13H2,1-5H3. The first-order valence-electron chi connectivity index (χ1n) is 9.69. The molecule has 0 spiro atoms. The van der Waals surface area contributed by atoms with Gasteiger partial charge in [0, 0.05) is 6.54 Å². The van der Waals surface area contributed by atoms with Gasteiger partial charge in [-0.15, -0.1) is 0 Å². The number of para-hydroxylation sites is 1. The number of sulfonamides is 1. The second-order valence-electron chi connectivity index (χ2n) is 7.06. The van der Waals surface area contributed by atoms with Gasteiger partial charge in [0.15, 0.2) is 0 Å². The molecule has 0 radical (unpaired) electrons. The van der Waals surface area contributed by atoms with Gasteiger partial charge in [0.1, 0.15) is 11.5 Å². The van der Waals surface area contributed by atoms with Crippen LogP contribution in [0.4, 0.5) is 0 Å². The van der Waals surface area contributed by atoms with Gasteiger partial charge in [0.05, 0.1) is 18.6 Å². The Bertz CT molecular complexity index is 891. The molecule has 1 N–H and O–H groups in total. The number of methoxy groups -OCH3 is 1. The lowest BCUT2D eigenvalue weighted by Crippen LogP contribution is -2.26. The first-order chi connectivity index (χ1) is 13.3. The minimum Gasteiger partial charge on any atom is -0.496 e. The molecule has 0 aromatic heterocycles. The van der Waals surface area contributed by atoms with E-state index < -0.39 is 10.0 Å². The van der Waals surface area contributed by atoms with Crippen LogP contribution < -0.4 is 14.2 Å². The van der Waals surface area contributed by atoms with Crippen molar-refractivity contribution in [2.24, 2.45) is 0 Å². The van der Waals surface area contributed by atoms with Gasteiger partial charge in [0.25, 0.3) is 0 Å². The van der Waals surface area contributed by atoms with E-state index >= 15 is 0 Å². The Morgan fingerprint density at radius 3 is 2.46 bits per heavy atom. The Kier molecular flexibility index (Phi) is 7.89. The van der Waals surface area contributed by atoms with Crippen LogP contribution in [0.15, 0.2) is 41.3 Å². The van der Waals surface area contributed by atoms with E-state index in [0.29, 0.717) is 30.0 Å². The van der Waals surface area contributed by atoms with Crippen molar-refractivity contribution >= 4 is 10.0 Å². The van der Waals surface area contributed by atoms with E-state index in [1.165, 1.54) is 0 Å². The number of nitrogens with one attached hydrogen (secondary N) is 1. The van der Waals surface area contributed by atoms with Crippen molar-refractivity contribution in [2.45, 2.75) is 51.3 Å². The zero-order valence-corrected chi connectivity index (χ0v) is 18.2. The van der Waals surface area contributed by atoms with Gasteiger partial charge < -0.3 is 9.47 Å². The van der Waals surface area contributed by atoms with Crippen LogP contribution in [0.5, 0.6) is 11.5 Å². The molecule has 0 heterocycles. The van der Waals surface area contributed by atoms with Crippen molar-refractivity contribution < 1.29 is 17.9 Å². The predicted octanol–water partition coefficient (Wildman–Crippen LogP) is 4.44. The number of aryl methyl sites for hydroxylation is 2. The number of benzene rings is 2. The number of hydrogen-bond acceptors (Lipinski definition) is 4. The largest absolute Gasteiger partial charge is 0.496 e. The summed E-state index contributed by atoms with van der Waals surface area (Å²) >= 11 is 0. The second-order valence-corrected chi connectivity index (χ2v) is 8.79. The van der Waals surface area contributed by atoms with Crippen molar-refractivity contribution in [3.05, 3.63) is 53.1 Å². The van der Waals surface area contributed by atoms with E-state index in [9.17, 15) is 8.42 Å². The molecular formula is C22H31NO4S. The molecule has 0 fully saturated rings. The van der Waals surface area contributed by atoms with Gasteiger partial charge >= 0.3 is 0 Å². The topological polar surface area (TPSA) is 64.6 Å². The van der Waals surface area contributed by atoms with Crippen LogP contribution in [-0.4, -0.2) is 28.7 Å². The molecule has 0 aliphatic heterocycles. The molecular weight excluding hydrogens is 374 g/mol. The molecule has 0 atom stereocenters. The highest BCUT2D eigenvalue weighted by atomic mass is 32.2. The molecule has 2 rings (SSSR count). The molecule has 0 aliphatic rings. The Balaban J connectivity index is 2.08. The average Bonchev–Trinajstić information content (AvgIpc) is 2.65. The zero-order valence-electron chi connectivity index (χ0n) is 17.4. The van der Waals surface area contributed by atoms with Crippen molar-refractivity contribution in [1.82, 2.24) is 4.72 Å². The summed E-state index contributed by atoms with van der Waals surface area (Å²) in [5, 5.41) is 0. The molecule has 0 amide bonds. The zero-order chi connectivity index (χ0) is 20.7. The molecule has 0 unspecified atom stereocenters. The van der Waals surface area contributed by atoms with Crippen molar-refractivity contribution in [3.63, 3.8) is 0 Å². The summed E-state index contributed by atoms with van der Waals surface area (Å²) in [5.74, 6) is 1.75. The van der Waals surface area contributed by atoms with Crippen molar-refractivity contribution in [2.75, 3.05) is 20.3 Å². The van der Waals surface area contributed by atoms with E-state index in [-0.39, 0.29) is 5.92 Å². The lowest BCUT2D eigenvalue weighted by Gasteiger charge is -2.16. The highest BCUT2D eigenvalue weighted by Gasteiger charge is 2.20. The summed E-state index contributed by atoms with van der Waals surface area (Å²) in [6.45, 7) is 8.76. The first kappa shape index (κ1) is 22.2. The minimum atomic E-state index is -3.58. The predicted molar refractivity (Wildman–Crippen MR) is 113 cm³/mol. The SMILES string of the molecule is CCOc1ccccc1CCCNS(=O)(=O)c1cc(C(C)C)c(OC)cc1C. The summed E-state index contributed by atoms with van der Waals surface area (Å²) in [6, 6.07) is 11.4. The lowest BCUT2D eigenvalue weighted by atomic mass is 10.0. The third-order valence-electron chi connectivity index (χ3n) is 4.63. The maximum atomic E-state index is 12.8. The minimum absolute atomic E-state index is 0.166. The van der Waals surface area contributed by atoms with Crippen LogP contribution >= 0.6 is 0 Å². The van der Waals surface area contributed by atoms with E-state index in [4.69, 9.17) is 9.47 Å². The molecule has 0 bridgehead atoms. The van der Waals surface area contributed by atoms with Crippen molar-refractivity contribution in [1.29, 1.82) is 0 Å². The second kappa shape index (κ2) is 9.94. The molecule has 0 saturated heterocycles. The average molecular weight is 406 g/mol. The van der Waals surface area contributed by atoms with Crippen LogP contribution in [0.3, 0.4) is 0 Å². The van der Waals surface area contributed by atoms with Gasteiger partial charge in [-0.2, -0.15) is 0 Å². The smallest absolute Gasteiger partial charge is 0.240 e. The van der Waals surface area contributed by atoms with E-state index in [0.717, 1.165) is 29.0 Å². The highest BCUT2D eigenvalue weighted by molar-refractivity contribution is 7.89. The van der Waals surface area contributed by atoms with Crippen LogP contribution in [-0.2, 0) is 16.4 Å². The van der Waals surface area contributed by atoms with E-state index in [1.54, 1.807) is 26.2 Å². The fourth-order valence-corrected chi connectivity index (χ4v) is 4.50. The molecule has 0 saturated carbocycles. The first-order valence-corrected chi connectivity index (χ1v) is 11.2. The monoisotopic (exact) mass is 405 g/mol. The molecule has 2 aromatic rings. The number of ether oxygens (including phenoxy) is 2.